The lowest BCUT2D eigenvalue weighted by atomic mass is 10.1. The third kappa shape index (κ3) is 5.58. The summed E-state index contributed by atoms with van der Waals surface area (Å²) in [4.78, 5) is 0. The Balaban J connectivity index is 1.68. The first-order chi connectivity index (χ1) is 10.3. The molecule has 0 unspecified atom stereocenters. The van der Waals surface area contributed by atoms with Crippen LogP contribution in [0.3, 0.4) is 0 Å². The molecule has 0 radical (unpaired) electrons. The Morgan fingerprint density at radius 1 is 1.05 bits per heavy atom. The quantitative estimate of drug-likeness (QED) is 0.783. The summed E-state index contributed by atoms with van der Waals surface area (Å²) in [6.45, 7) is 1.34. The van der Waals surface area contributed by atoms with Crippen molar-refractivity contribution in [2.75, 3.05) is 13.7 Å². The average Bonchev–Trinajstić information content (AvgIpc) is 2.54. The van der Waals surface area contributed by atoms with Crippen LogP contribution < -0.4 is 10.1 Å². The fourth-order valence-corrected chi connectivity index (χ4v) is 2.25. The number of ether oxygens (including phenoxy) is 1. The molecule has 3 nitrogen and oxygen atoms in total. The van der Waals surface area contributed by atoms with E-state index in [1.807, 2.05) is 42.5 Å². The molecule has 2 rings (SSSR count). The van der Waals surface area contributed by atoms with Gasteiger partial charge >= 0.3 is 0 Å². The standard InChI is InChI=1S/C18H23NO2/c1-21-18-9-5-8-16(12-18)13-19-14-17(20)11-10-15-6-3-2-4-7-15/h2-9,12,17,19-20H,10-11,13-14H2,1H3/t17-/m1/s1. The summed E-state index contributed by atoms with van der Waals surface area (Å²) in [7, 11) is 1.67. The second-order valence-corrected chi connectivity index (χ2v) is 5.16. The van der Waals surface area contributed by atoms with E-state index < -0.39 is 0 Å². The van der Waals surface area contributed by atoms with Crippen LogP contribution in [0.1, 0.15) is 17.5 Å². The first kappa shape index (κ1) is 15.5. The number of rotatable bonds is 8. The molecule has 0 aliphatic heterocycles. The molecule has 112 valence electrons. The largest absolute Gasteiger partial charge is 0.497 e. The molecule has 0 saturated carbocycles. The number of benzene rings is 2. The molecule has 0 saturated heterocycles. The van der Waals surface area contributed by atoms with Gasteiger partial charge in [-0.05, 0) is 36.1 Å². The molecule has 0 aliphatic carbocycles. The van der Waals surface area contributed by atoms with Gasteiger partial charge in [-0.3, -0.25) is 0 Å². The maximum absolute atomic E-state index is 10.0. The van der Waals surface area contributed by atoms with E-state index in [0.29, 0.717) is 6.54 Å². The molecule has 21 heavy (non-hydrogen) atoms. The predicted molar refractivity (Wildman–Crippen MR) is 85.5 cm³/mol. The second-order valence-electron chi connectivity index (χ2n) is 5.16. The van der Waals surface area contributed by atoms with Crippen LogP contribution in [0.4, 0.5) is 0 Å². The zero-order chi connectivity index (χ0) is 14.9. The third-order valence-corrected chi connectivity index (χ3v) is 3.45. The number of methoxy groups -OCH3 is 1. The van der Waals surface area contributed by atoms with Crippen molar-refractivity contribution in [2.45, 2.75) is 25.5 Å². The van der Waals surface area contributed by atoms with Gasteiger partial charge in [-0.15, -0.1) is 0 Å². The molecule has 2 N–H and O–H groups in total. The van der Waals surface area contributed by atoms with Crippen molar-refractivity contribution in [3.8, 4) is 5.75 Å². The molecule has 2 aromatic carbocycles. The highest BCUT2D eigenvalue weighted by Crippen LogP contribution is 2.12. The number of aliphatic hydroxyl groups excluding tert-OH is 1. The number of nitrogens with one attached hydrogen (secondary N) is 1. The van der Waals surface area contributed by atoms with Gasteiger partial charge in [0.05, 0.1) is 13.2 Å². The van der Waals surface area contributed by atoms with Crippen molar-refractivity contribution in [1.82, 2.24) is 5.32 Å². The molecule has 3 heteroatoms. The van der Waals surface area contributed by atoms with Crippen LogP contribution in [0.5, 0.6) is 5.75 Å². The van der Waals surface area contributed by atoms with E-state index in [2.05, 4.69) is 17.4 Å². The maximum atomic E-state index is 10.0. The minimum absolute atomic E-state index is 0.323. The zero-order valence-corrected chi connectivity index (χ0v) is 12.5. The third-order valence-electron chi connectivity index (χ3n) is 3.45. The van der Waals surface area contributed by atoms with Crippen molar-refractivity contribution in [1.29, 1.82) is 0 Å². The summed E-state index contributed by atoms with van der Waals surface area (Å²) in [5, 5.41) is 13.3. The molecule has 0 bridgehead atoms. The van der Waals surface area contributed by atoms with Crippen LogP contribution in [0.15, 0.2) is 54.6 Å². The topological polar surface area (TPSA) is 41.5 Å². The van der Waals surface area contributed by atoms with Crippen molar-refractivity contribution < 1.29 is 9.84 Å². The van der Waals surface area contributed by atoms with E-state index in [9.17, 15) is 5.11 Å². The van der Waals surface area contributed by atoms with Crippen LogP contribution >= 0.6 is 0 Å². The highest BCUT2D eigenvalue weighted by molar-refractivity contribution is 5.28. The first-order valence-corrected chi connectivity index (χ1v) is 7.33. The highest BCUT2D eigenvalue weighted by atomic mass is 16.5. The smallest absolute Gasteiger partial charge is 0.119 e. The molecule has 0 heterocycles. The van der Waals surface area contributed by atoms with Gasteiger partial charge in [0.1, 0.15) is 5.75 Å². The van der Waals surface area contributed by atoms with E-state index >= 15 is 0 Å². The number of hydrogen-bond acceptors (Lipinski definition) is 3. The Kier molecular flexibility index (Phi) is 6.25. The summed E-state index contributed by atoms with van der Waals surface area (Å²) in [5.41, 5.74) is 2.42. The summed E-state index contributed by atoms with van der Waals surface area (Å²) in [5.74, 6) is 0.860. The molecule has 0 amide bonds. The van der Waals surface area contributed by atoms with E-state index in [4.69, 9.17) is 4.74 Å². The minimum atomic E-state index is -0.323. The Hall–Kier alpha value is -1.84. The molecular weight excluding hydrogens is 262 g/mol. The highest BCUT2D eigenvalue weighted by Gasteiger charge is 2.04. The van der Waals surface area contributed by atoms with Crippen LogP contribution in [0.25, 0.3) is 0 Å². The molecule has 0 spiro atoms. The van der Waals surface area contributed by atoms with Gasteiger partial charge < -0.3 is 15.2 Å². The Morgan fingerprint density at radius 2 is 1.81 bits per heavy atom. The van der Waals surface area contributed by atoms with Crippen LogP contribution in [-0.4, -0.2) is 24.9 Å². The van der Waals surface area contributed by atoms with Gasteiger partial charge in [-0.2, -0.15) is 0 Å². The van der Waals surface area contributed by atoms with E-state index in [-0.39, 0.29) is 6.10 Å². The van der Waals surface area contributed by atoms with Crippen molar-refractivity contribution in [2.24, 2.45) is 0 Å². The molecule has 1 atom stereocenters. The lowest BCUT2D eigenvalue weighted by Crippen LogP contribution is -2.26. The van der Waals surface area contributed by atoms with Crippen LogP contribution in [0.2, 0.25) is 0 Å². The summed E-state index contributed by atoms with van der Waals surface area (Å²) >= 11 is 0. The van der Waals surface area contributed by atoms with Crippen molar-refractivity contribution >= 4 is 0 Å². The summed E-state index contributed by atoms with van der Waals surface area (Å²) < 4.78 is 5.19. The summed E-state index contributed by atoms with van der Waals surface area (Å²) in [6.07, 6.45) is 1.36. The predicted octanol–water partition coefficient (Wildman–Crippen LogP) is 2.78. The van der Waals surface area contributed by atoms with Gasteiger partial charge in [-0.1, -0.05) is 42.5 Å². The zero-order valence-electron chi connectivity index (χ0n) is 12.5. The Labute approximate surface area is 126 Å². The van der Waals surface area contributed by atoms with Crippen LogP contribution in [0, 0.1) is 0 Å². The first-order valence-electron chi connectivity index (χ1n) is 7.33. The van der Waals surface area contributed by atoms with Gasteiger partial charge in [0.15, 0.2) is 0 Å². The summed E-state index contributed by atoms with van der Waals surface area (Å²) in [6, 6.07) is 18.2. The van der Waals surface area contributed by atoms with Gasteiger partial charge in [0.25, 0.3) is 0 Å². The van der Waals surface area contributed by atoms with Gasteiger partial charge in [0, 0.05) is 13.1 Å². The second kappa shape index (κ2) is 8.45. The Bertz CT molecular complexity index is 528. The van der Waals surface area contributed by atoms with E-state index in [1.165, 1.54) is 5.56 Å². The van der Waals surface area contributed by atoms with E-state index in [1.54, 1.807) is 7.11 Å². The monoisotopic (exact) mass is 285 g/mol. The lowest BCUT2D eigenvalue weighted by Gasteiger charge is -2.12. The van der Waals surface area contributed by atoms with Gasteiger partial charge in [-0.25, -0.2) is 0 Å². The Morgan fingerprint density at radius 3 is 2.57 bits per heavy atom. The van der Waals surface area contributed by atoms with Gasteiger partial charge in [0.2, 0.25) is 0 Å². The SMILES string of the molecule is COc1cccc(CNC[C@H](O)CCc2ccccc2)c1. The number of hydrogen-bond donors (Lipinski definition) is 2. The number of aliphatic hydroxyl groups is 1. The molecule has 2 aromatic rings. The normalized spacial score (nSPS) is 12.1. The molecule has 0 aromatic heterocycles. The number of aryl methyl sites for hydroxylation is 1. The maximum Gasteiger partial charge on any atom is 0.119 e. The molecule has 0 aliphatic rings. The molecule has 0 fully saturated rings. The fourth-order valence-electron chi connectivity index (χ4n) is 2.25. The fraction of sp³-hybridized carbons (Fsp3) is 0.333. The van der Waals surface area contributed by atoms with E-state index in [0.717, 1.165) is 30.7 Å². The minimum Gasteiger partial charge on any atom is -0.497 e. The van der Waals surface area contributed by atoms with Crippen molar-refractivity contribution in [3.63, 3.8) is 0 Å². The molecular formula is C18H23NO2. The van der Waals surface area contributed by atoms with Crippen molar-refractivity contribution in [3.05, 3.63) is 65.7 Å². The lowest BCUT2D eigenvalue weighted by molar-refractivity contribution is 0.161. The average molecular weight is 285 g/mol. The van der Waals surface area contributed by atoms with Crippen LogP contribution in [-0.2, 0) is 13.0 Å².